The van der Waals surface area contributed by atoms with E-state index in [-0.39, 0.29) is 5.78 Å². The van der Waals surface area contributed by atoms with Gasteiger partial charge in [0.05, 0.1) is 5.69 Å². The molecule has 0 saturated carbocycles. The van der Waals surface area contributed by atoms with Crippen molar-refractivity contribution in [1.29, 1.82) is 0 Å². The molecule has 0 aromatic heterocycles. The number of hydrogen-bond acceptors (Lipinski definition) is 4. The summed E-state index contributed by atoms with van der Waals surface area (Å²) in [5.41, 5.74) is 0.132. The Morgan fingerprint density at radius 1 is 1.09 bits per heavy atom. The molecule has 23 heavy (non-hydrogen) atoms. The first-order chi connectivity index (χ1) is 11.0. The summed E-state index contributed by atoms with van der Waals surface area (Å²) in [6.07, 6.45) is 0.291. The minimum atomic E-state index is -1.60. The third-order valence-electron chi connectivity index (χ3n) is 4.27. The monoisotopic (exact) mass is 346 g/mol. The lowest BCUT2D eigenvalue weighted by molar-refractivity contribution is 0.0602. The van der Waals surface area contributed by atoms with Crippen molar-refractivity contribution in [2.75, 3.05) is 11.4 Å². The average molecular weight is 347 g/mol. The molecule has 0 radical (unpaired) electrons. The number of carbonyl (C=O) groups is 1. The zero-order valence-electron chi connectivity index (χ0n) is 12.0. The van der Waals surface area contributed by atoms with Crippen LogP contribution in [0.3, 0.4) is 0 Å². The van der Waals surface area contributed by atoms with E-state index >= 15 is 0 Å². The number of aliphatic hydroxyl groups is 1. The van der Waals surface area contributed by atoms with Crippen molar-refractivity contribution in [2.45, 2.75) is 12.0 Å². The molecule has 1 atom stereocenters. The molecule has 2 heterocycles. The number of carbonyl (C=O) groups excluding carboxylic acids is 1. The second-order valence-corrected chi connectivity index (χ2v) is 6.54. The first-order valence-electron chi connectivity index (χ1n) is 7.18. The number of fused-ring (bicyclic) bond motifs is 2. The maximum atomic E-state index is 12.8. The lowest BCUT2D eigenvalue weighted by atomic mass is 9.88. The fraction of sp³-hybridized carbons (Fsp3) is 0.176. The lowest BCUT2D eigenvalue weighted by Gasteiger charge is -2.29. The van der Waals surface area contributed by atoms with Crippen LogP contribution in [-0.4, -0.2) is 28.9 Å². The summed E-state index contributed by atoms with van der Waals surface area (Å²) in [4.78, 5) is 19.1. The molecule has 1 fully saturated rings. The van der Waals surface area contributed by atoms with Gasteiger partial charge in [-0.15, -0.1) is 0 Å². The molecule has 116 valence electrons. The third-order valence-corrected chi connectivity index (χ3v) is 4.75. The van der Waals surface area contributed by atoms with E-state index in [1.54, 1.807) is 30.3 Å². The fourth-order valence-corrected chi connectivity index (χ4v) is 3.38. The molecule has 1 saturated heterocycles. The van der Waals surface area contributed by atoms with Gasteiger partial charge in [-0.1, -0.05) is 23.2 Å². The van der Waals surface area contributed by atoms with Crippen molar-refractivity contribution < 1.29 is 9.90 Å². The molecule has 0 spiro atoms. The third kappa shape index (κ3) is 2.17. The Hall–Kier alpha value is -1.88. The van der Waals surface area contributed by atoms with Crippen LogP contribution in [0.2, 0.25) is 10.0 Å². The molecule has 0 amide bonds. The molecule has 6 heteroatoms. The second kappa shape index (κ2) is 5.06. The van der Waals surface area contributed by atoms with Crippen molar-refractivity contribution in [3.05, 3.63) is 58.1 Å². The number of benzene rings is 2. The highest BCUT2D eigenvalue weighted by Gasteiger charge is 2.52. The highest BCUT2D eigenvalue weighted by molar-refractivity contribution is 6.33. The Labute approximate surface area is 143 Å². The van der Waals surface area contributed by atoms with Crippen molar-refractivity contribution in [2.24, 2.45) is 4.99 Å². The van der Waals surface area contributed by atoms with E-state index in [0.717, 1.165) is 5.69 Å². The highest BCUT2D eigenvalue weighted by atomic mass is 35.5. The first-order valence-corrected chi connectivity index (χ1v) is 7.94. The molecule has 4 rings (SSSR count). The van der Waals surface area contributed by atoms with Gasteiger partial charge in [-0.2, -0.15) is 0 Å². The first kappa shape index (κ1) is 14.7. The summed E-state index contributed by atoms with van der Waals surface area (Å²) in [5, 5.41) is 12.0. The number of anilines is 1. The molecule has 2 aliphatic rings. The van der Waals surface area contributed by atoms with E-state index in [2.05, 4.69) is 4.99 Å². The van der Waals surface area contributed by atoms with E-state index < -0.39 is 5.60 Å². The molecule has 0 bridgehead atoms. The van der Waals surface area contributed by atoms with Crippen LogP contribution in [0.1, 0.15) is 16.8 Å². The van der Waals surface area contributed by atoms with E-state index in [1.165, 1.54) is 0 Å². The molecular formula is C17H12Cl2N2O2. The quantitative estimate of drug-likeness (QED) is 0.852. The van der Waals surface area contributed by atoms with E-state index in [1.807, 2.05) is 17.0 Å². The van der Waals surface area contributed by atoms with E-state index in [0.29, 0.717) is 40.1 Å². The topological polar surface area (TPSA) is 52.9 Å². The van der Waals surface area contributed by atoms with Crippen LogP contribution < -0.4 is 4.90 Å². The summed E-state index contributed by atoms with van der Waals surface area (Å²) in [5.74, 6) is 0.0103. The molecule has 1 N–H and O–H groups in total. The van der Waals surface area contributed by atoms with Crippen LogP contribution in [0.4, 0.5) is 11.4 Å². The standard InChI is InChI=1S/C17H12Cl2N2O2/c18-10-1-4-12(5-2-10)21-8-7-17(23)15(22)13-9-11(19)3-6-14(13)20-16(17)21/h1-6,9,23H,7-8H2. The van der Waals surface area contributed by atoms with Crippen LogP contribution in [0.5, 0.6) is 0 Å². The largest absolute Gasteiger partial charge is 0.374 e. The number of nitrogens with zero attached hydrogens (tertiary/aromatic N) is 2. The Kier molecular flexibility index (Phi) is 3.23. The summed E-state index contributed by atoms with van der Waals surface area (Å²) in [7, 11) is 0. The van der Waals surface area contributed by atoms with Gasteiger partial charge in [-0.25, -0.2) is 4.99 Å². The summed E-state index contributed by atoms with van der Waals surface area (Å²) in [6.45, 7) is 0.504. The number of Topliss-reactive ketones (excluding diaryl/α,β-unsaturated/α-hetero) is 1. The van der Waals surface area contributed by atoms with E-state index in [4.69, 9.17) is 23.2 Å². The maximum absolute atomic E-state index is 12.8. The zero-order valence-corrected chi connectivity index (χ0v) is 13.5. The summed E-state index contributed by atoms with van der Waals surface area (Å²) < 4.78 is 0. The zero-order chi connectivity index (χ0) is 16.2. The smallest absolute Gasteiger partial charge is 0.204 e. The highest BCUT2D eigenvalue weighted by Crippen LogP contribution is 2.40. The molecule has 4 nitrogen and oxygen atoms in total. The van der Waals surface area contributed by atoms with Crippen LogP contribution in [0.25, 0.3) is 0 Å². The number of rotatable bonds is 1. The van der Waals surface area contributed by atoms with Gasteiger partial charge in [0.25, 0.3) is 0 Å². The Bertz CT molecular complexity index is 848. The van der Waals surface area contributed by atoms with Crippen molar-refractivity contribution in [1.82, 2.24) is 0 Å². The van der Waals surface area contributed by atoms with Crippen LogP contribution >= 0.6 is 23.2 Å². The van der Waals surface area contributed by atoms with Crippen LogP contribution in [-0.2, 0) is 0 Å². The molecule has 2 aromatic rings. The van der Waals surface area contributed by atoms with Crippen molar-refractivity contribution in [3.8, 4) is 0 Å². The number of halogens is 2. The van der Waals surface area contributed by atoms with Gasteiger partial charge < -0.3 is 10.0 Å². The molecule has 0 aliphatic carbocycles. The normalized spacial score (nSPS) is 22.7. The van der Waals surface area contributed by atoms with Crippen molar-refractivity contribution in [3.63, 3.8) is 0 Å². The predicted octanol–water partition coefficient (Wildman–Crippen LogP) is 3.86. The van der Waals surface area contributed by atoms with Gasteiger partial charge in [0.1, 0.15) is 5.84 Å². The summed E-state index contributed by atoms with van der Waals surface area (Å²) >= 11 is 11.9. The van der Waals surface area contributed by atoms with Gasteiger partial charge in [-0.05, 0) is 42.5 Å². The lowest BCUT2D eigenvalue weighted by Crippen LogP contribution is -2.48. The van der Waals surface area contributed by atoms with Gasteiger partial charge >= 0.3 is 0 Å². The van der Waals surface area contributed by atoms with E-state index in [9.17, 15) is 9.90 Å². The number of amidine groups is 1. The SMILES string of the molecule is O=C1c2cc(Cl)ccc2N=C2N(c3ccc(Cl)cc3)CCC12O. The second-order valence-electron chi connectivity index (χ2n) is 5.66. The minimum absolute atomic E-state index is 0.291. The predicted molar refractivity (Wildman–Crippen MR) is 91.2 cm³/mol. The van der Waals surface area contributed by atoms with Crippen LogP contribution in [0, 0.1) is 0 Å². The summed E-state index contributed by atoms with van der Waals surface area (Å²) in [6, 6.07) is 12.2. The van der Waals surface area contributed by atoms with Gasteiger partial charge in [0, 0.05) is 34.3 Å². The molecule has 2 aliphatic heterocycles. The molecule has 1 unspecified atom stereocenters. The Morgan fingerprint density at radius 2 is 1.78 bits per heavy atom. The van der Waals surface area contributed by atoms with Crippen molar-refractivity contribution >= 4 is 46.2 Å². The maximum Gasteiger partial charge on any atom is 0.204 e. The van der Waals surface area contributed by atoms with Crippen LogP contribution in [0.15, 0.2) is 47.5 Å². The average Bonchev–Trinajstić information content (AvgIpc) is 2.88. The Morgan fingerprint density at radius 3 is 2.52 bits per heavy atom. The van der Waals surface area contributed by atoms with Gasteiger partial charge in [-0.3, -0.25) is 4.79 Å². The molecular weight excluding hydrogens is 335 g/mol. The minimum Gasteiger partial charge on any atom is -0.374 e. The number of aliphatic imine (C=N–C) groups is 1. The fourth-order valence-electron chi connectivity index (χ4n) is 3.08. The number of ketones is 1. The Balaban J connectivity index is 1.85. The van der Waals surface area contributed by atoms with Gasteiger partial charge in [0.15, 0.2) is 5.60 Å². The number of hydrogen-bond donors (Lipinski definition) is 1. The van der Waals surface area contributed by atoms with Gasteiger partial charge in [0.2, 0.25) is 5.78 Å². The molecule has 2 aromatic carbocycles.